The summed E-state index contributed by atoms with van der Waals surface area (Å²) in [6.07, 6.45) is 0. The van der Waals surface area contributed by atoms with E-state index in [1.54, 1.807) is 24.3 Å². The van der Waals surface area contributed by atoms with Crippen LogP contribution in [0.4, 0.5) is 15.8 Å². The SMILES string of the molecule is CC(=O)Nc1cccc(NC(=O)c2ccc(F)c(S)c2)c1. The number of anilines is 2. The zero-order valence-electron chi connectivity index (χ0n) is 11.2. The van der Waals surface area contributed by atoms with Crippen molar-refractivity contribution in [2.45, 2.75) is 11.8 Å². The molecular weight excluding hydrogens is 291 g/mol. The topological polar surface area (TPSA) is 58.2 Å². The van der Waals surface area contributed by atoms with Gasteiger partial charge in [-0.05, 0) is 36.4 Å². The first-order chi connectivity index (χ1) is 9.95. The third-order valence-electron chi connectivity index (χ3n) is 2.65. The molecule has 2 aromatic rings. The lowest BCUT2D eigenvalue weighted by Gasteiger charge is -2.08. The van der Waals surface area contributed by atoms with Crippen molar-refractivity contribution in [3.8, 4) is 0 Å². The van der Waals surface area contributed by atoms with Gasteiger partial charge >= 0.3 is 0 Å². The number of halogens is 1. The maximum atomic E-state index is 13.1. The number of nitrogens with one attached hydrogen (secondary N) is 2. The van der Waals surface area contributed by atoms with Crippen LogP contribution in [0.5, 0.6) is 0 Å². The van der Waals surface area contributed by atoms with Crippen molar-refractivity contribution in [3.63, 3.8) is 0 Å². The van der Waals surface area contributed by atoms with Crippen LogP contribution in [0, 0.1) is 5.82 Å². The van der Waals surface area contributed by atoms with Gasteiger partial charge < -0.3 is 10.6 Å². The largest absolute Gasteiger partial charge is 0.326 e. The molecule has 0 atom stereocenters. The van der Waals surface area contributed by atoms with Crippen LogP contribution in [0.25, 0.3) is 0 Å². The van der Waals surface area contributed by atoms with Crippen LogP contribution in [0.1, 0.15) is 17.3 Å². The molecule has 0 aromatic heterocycles. The lowest BCUT2D eigenvalue weighted by molar-refractivity contribution is -0.114. The minimum atomic E-state index is -0.484. The van der Waals surface area contributed by atoms with Gasteiger partial charge in [0.1, 0.15) is 5.82 Å². The minimum absolute atomic E-state index is 0.106. The van der Waals surface area contributed by atoms with Crippen LogP contribution in [0.3, 0.4) is 0 Å². The Morgan fingerprint density at radius 2 is 1.71 bits per heavy atom. The van der Waals surface area contributed by atoms with E-state index in [-0.39, 0.29) is 16.7 Å². The minimum Gasteiger partial charge on any atom is -0.326 e. The molecule has 0 heterocycles. The average molecular weight is 304 g/mol. The smallest absolute Gasteiger partial charge is 0.255 e. The van der Waals surface area contributed by atoms with Crippen molar-refractivity contribution in [3.05, 3.63) is 53.8 Å². The highest BCUT2D eigenvalue weighted by molar-refractivity contribution is 7.80. The monoisotopic (exact) mass is 304 g/mol. The molecule has 0 saturated carbocycles. The van der Waals surface area contributed by atoms with E-state index in [4.69, 9.17) is 0 Å². The molecule has 0 fully saturated rings. The standard InChI is InChI=1S/C15H13FN2O2S/c1-9(19)17-11-3-2-4-12(8-11)18-15(20)10-5-6-13(16)14(21)7-10/h2-8,21H,1H3,(H,17,19)(H,18,20). The van der Waals surface area contributed by atoms with E-state index >= 15 is 0 Å². The number of benzene rings is 2. The molecule has 0 spiro atoms. The molecule has 2 amide bonds. The summed E-state index contributed by atoms with van der Waals surface area (Å²) in [5, 5.41) is 5.29. The molecule has 0 aliphatic rings. The number of carbonyl (C=O) groups excluding carboxylic acids is 2. The van der Waals surface area contributed by atoms with E-state index in [9.17, 15) is 14.0 Å². The van der Waals surface area contributed by atoms with E-state index < -0.39 is 5.82 Å². The van der Waals surface area contributed by atoms with Gasteiger partial charge in [0.05, 0.1) is 0 Å². The summed E-state index contributed by atoms with van der Waals surface area (Å²) >= 11 is 3.94. The molecule has 108 valence electrons. The third-order valence-corrected chi connectivity index (χ3v) is 2.99. The van der Waals surface area contributed by atoms with E-state index in [0.717, 1.165) is 0 Å². The van der Waals surface area contributed by atoms with Crippen LogP contribution in [-0.4, -0.2) is 11.8 Å². The fourth-order valence-electron chi connectivity index (χ4n) is 1.74. The van der Waals surface area contributed by atoms with Crippen LogP contribution < -0.4 is 10.6 Å². The lowest BCUT2D eigenvalue weighted by atomic mass is 10.2. The molecule has 21 heavy (non-hydrogen) atoms. The Morgan fingerprint density at radius 1 is 1.05 bits per heavy atom. The second-order valence-corrected chi connectivity index (χ2v) is 4.86. The zero-order chi connectivity index (χ0) is 15.4. The molecule has 0 saturated heterocycles. The van der Waals surface area contributed by atoms with Crippen LogP contribution in [-0.2, 0) is 4.79 Å². The highest BCUT2D eigenvalue weighted by atomic mass is 32.1. The number of thiol groups is 1. The van der Waals surface area contributed by atoms with Gasteiger partial charge in [-0.1, -0.05) is 6.07 Å². The van der Waals surface area contributed by atoms with Gasteiger partial charge in [-0.3, -0.25) is 9.59 Å². The zero-order valence-corrected chi connectivity index (χ0v) is 12.1. The molecule has 6 heteroatoms. The Labute approximate surface area is 126 Å². The average Bonchev–Trinajstić information content (AvgIpc) is 2.41. The first kappa shape index (κ1) is 15.1. The second-order valence-electron chi connectivity index (χ2n) is 4.38. The highest BCUT2D eigenvalue weighted by Crippen LogP contribution is 2.18. The van der Waals surface area contributed by atoms with Gasteiger partial charge in [0, 0.05) is 28.8 Å². The van der Waals surface area contributed by atoms with Crippen LogP contribution >= 0.6 is 12.6 Å². The Bertz CT molecular complexity index is 704. The summed E-state index contributed by atoms with van der Waals surface area (Å²) in [7, 11) is 0. The van der Waals surface area contributed by atoms with Gasteiger partial charge in [0.15, 0.2) is 0 Å². The molecule has 0 unspecified atom stereocenters. The predicted octanol–water partition coefficient (Wildman–Crippen LogP) is 3.33. The van der Waals surface area contributed by atoms with E-state index in [1.165, 1.54) is 25.1 Å². The first-order valence-corrected chi connectivity index (χ1v) is 6.58. The van der Waals surface area contributed by atoms with Crippen molar-refractivity contribution < 1.29 is 14.0 Å². The van der Waals surface area contributed by atoms with E-state index in [0.29, 0.717) is 16.9 Å². The normalized spacial score (nSPS) is 10.0. The quantitative estimate of drug-likeness (QED) is 0.762. The molecular formula is C15H13FN2O2S. The molecule has 0 bridgehead atoms. The van der Waals surface area contributed by atoms with Crippen molar-refractivity contribution in [1.82, 2.24) is 0 Å². The van der Waals surface area contributed by atoms with Gasteiger partial charge in [-0.15, -0.1) is 12.6 Å². The molecule has 2 aromatic carbocycles. The Hall–Kier alpha value is -2.34. The third kappa shape index (κ3) is 4.06. The van der Waals surface area contributed by atoms with Crippen molar-refractivity contribution >= 4 is 35.8 Å². The molecule has 0 aliphatic carbocycles. The maximum Gasteiger partial charge on any atom is 0.255 e. The number of rotatable bonds is 3. The molecule has 0 aliphatic heterocycles. The summed E-state index contributed by atoms with van der Waals surface area (Å²) < 4.78 is 13.1. The number of amides is 2. The van der Waals surface area contributed by atoms with Crippen molar-refractivity contribution in [2.24, 2.45) is 0 Å². The lowest BCUT2D eigenvalue weighted by Crippen LogP contribution is -2.12. The Balaban J connectivity index is 2.15. The summed E-state index contributed by atoms with van der Waals surface area (Å²) in [6.45, 7) is 1.40. The van der Waals surface area contributed by atoms with Crippen LogP contribution in [0.15, 0.2) is 47.4 Å². The molecule has 0 radical (unpaired) electrons. The predicted molar refractivity (Wildman–Crippen MR) is 82.4 cm³/mol. The number of hydrogen-bond acceptors (Lipinski definition) is 3. The van der Waals surface area contributed by atoms with E-state index in [1.807, 2.05) is 0 Å². The van der Waals surface area contributed by atoms with E-state index in [2.05, 4.69) is 23.3 Å². The first-order valence-electron chi connectivity index (χ1n) is 6.13. The summed E-state index contributed by atoms with van der Waals surface area (Å²) in [5.41, 5.74) is 1.40. The molecule has 4 nitrogen and oxygen atoms in total. The Kier molecular flexibility index (Phi) is 4.59. The Morgan fingerprint density at radius 3 is 2.33 bits per heavy atom. The van der Waals surface area contributed by atoms with Gasteiger partial charge in [-0.25, -0.2) is 4.39 Å². The van der Waals surface area contributed by atoms with Gasteiger partial charge in [0.25, 0.3) is 5.91 Å². The van der Waals surface area contributed by atoms with Crippen molar-refractivity contribution in [1.29, 1.82) is 0 Å². The molecule has 2 rings (SSSR count). The fraction of sp³-hybridized carbons (Fsp3) is 0.0667. The number of carbonyl (C=O) groups is 2. The second kappa shape index (κ2) is 6.41. The van der Waals surface area contributed by atoms with Gasteiger partial charge in [0.2, 0.25) is 5.91 Å². The maximum absolute atomic E-state index is 13.1. The summed E-state index contributed by atoms with van der Waals surface area (Å²) in [5.74, 6) is -1.07. The van der Waals surface area contributed by atoms with Gasteiger partial charge in [-0.2, -0.15) is 0 Å². The fourth-order valence-corrected chi connectivity index (χ4v) is 1.95. The number of hydrogen-bond donors (Lipinski definition) is 3. The summed E-state index contributed by atoms with van der Waals surface area (Å²) in [4.78, 5) is 23.2. The summed E-state index contributed by atoms with van der Waals surface area (Å²) in [6, 6.07) is 10.6. The molecule has 2 N–H and O–H groups in total. The van der Waals surface area contributed by atoms with Crippen molar-refractivity contribution in [2.75, 3.05) is 10.6 Å². The van der Waals surface area contributed by atoms with Crippen LogP contribution in [0.2, 0.25) is 0 Å². The highest BCUT2D eigenvalue weighted by Gasteiger charge is 2.09.